The Morgan fingerprint density at radius 1 is 1.23 bits per heavy atom. The van der Waals surface area contributed by atoms with Crippen LogP contribution < -0.4 is 0 Å². The fourth-order valence-electron chi connectivity index (χ4n) is 0.525. The Hall–Kier alpha value is -1.16. The van der Waals surface area contributed by atoms with Gasteiger partial charge >= 0.3 is 0 Å². The van der Waals surface area contributed by atoms with Gasteiger partial charge in [0.25, 0.3) is 0 Å². The van der Waals surface area contributed by atoms with Crippen LogP contribution in [0.15, 0.2) is 22.8 Å². The summed E-state index contributed by atoms with van der Waals surface area (Å²) in [6.45, 7) is 10.0. The fraction of sp³-hybridized carbons (Fsp3) is 0.500. The monoisotopic (exact) mass is 180 g/mol. The first kappa shape index (κ1) is 14.4. The van der Waals surface area contributed by atoms with Gasteiger partial charge in [-0.15, -0.1) is 0 Å². The maximum absolute atomic E-state index is 4.96. The minimum atomic E-state index is 0.747. The molecule has 1 heteroatoms. The third kappa shape index (κ3) is 8.75. The van der Waals surface area contributed by atoms with Crippen molar-refractivity contribution in [1.29, 1.82) is 0 Å². The van der Waals surface area contributed by atoms with Gasteiger partial charge in [0.15, 0.2) is 5.76 Å². The van der Waals surface area contributed by atoms with Crippen LogP contribution in [0.25, 0.3) is 0 Å². The zero-order valence-corrected chi connectivity index (χ0v) is 9.35. The Kier molecular flexibility index (Phi) is 14.8. The van der Waals surface area contributed by atoms with Crippen LogP contribution in [0.3, 0.4) is 0 Å². The fourth-order valence-corrected chi connectivity index (χ4v) is 0.525. The van der Waals surface area contributed by atoms with E-state index in [1.807, 2.05) is 46.8 Å². The molecule has 0 saturated heterocycles. The van der Waals surface area contributed by atoms with Gasteiger partial charge in [0.1, 0.15) is 0 Å². The molecule has 0 unspecified atom stereocenters. The molecule has 1 rings (SSSR count). The van der Waals surface area contributed by atoms with E-state index in [1.165, 1.54) is 0 Å². The second-order valence-corrected chi connectivity index (χ2v) is 1.63. The number of rotatable bonds is 0. The van der Waals surface area contributed by atoms with E-state index in [-0.39, 0.29) is 0 Å². The molecule has 13 heavy (non-hydrogen) atoms. The molecule has 0 radical (unpaired) electrons. The van der Waals surface area contributed by atoms with Crippen molar-refractivity contribution in [3.63, 3.8) is 0 Å². The topological polar surface area (TPSA) is 13.1 Å². The first-order valence-electron chi connectivity index (χ1n) is 4.96. The van der Waals surface area contributed by atoms with Gasteiger partial charge in [0, 0.05) is 6.42 Å². The van der Waals surface area contributed by atoms with Gasteiger partial charge < -0.3 is 4.42 Å². The van der Waals surface area contributed by atoms with Crippen molar-refractivity contribution in [3.8, 4) is 11.8 Å². The normalized spacial score (nSPS) is 6.54. The smallest absolute Gasteiger partial charge is 0.176 e. The van der Waals surface area contributed by atoms with Crippen molar-refractivity contribution in [1.82, 2.24) is 0 Å². The van der Waals surface area contributed by atoms with Crippen molar-refractivity contribution < 1.29 is 4.42 Å². The second kappa shape index (κ2) is 13.4. The molecular formula is C12H20O. The highest BCUT2D eigenvalue weighted by atomic mass is 16.3. The van der Waals surface area contributed by atoms with E-state index >= 15 is 0 Å². The van der Waals surface area contributed by atoms with E-state index in [2.05, 4.69) is 11.8 Å². The maximum Gasteiger partial charge on any atom is 0.176 e. The average molecular weight is 180 g/mol. The number of hydrogen-bond acceptors (Lipinski definition) is 1. The van der Waals surface area contributed by atoms with Crippen molar-refractivity contribution in [3.05, 3.63) is 24.2 Å². The molecular weight excluding hydrogens is 160 g/mol. The molecule has 0 aliphatic rings. The zero-order valence-electron chi connectivity index (χ0n) is 9.35. The molecule has 0 aliphatic heterocycles. The van der Waals surface area contributed by atoms with Gasteiger partial charge in [-0.05, 0) is 18.1 Å². The summed E-state index contributed by atoms with van der Waals surface area (Å²) in [7, 11) is 0. The average Bonchev–Trinajstić information content (AvgIpc) is 2.73. The van der Waals surface area contributed by atoms with Crippen molar-refractivity contribution >= 4 is 0 Å². The van der Waals surface area contributed by atoms with Gasteiger partial charge in [-0.25, -0.2) is 0 Å². The summed E-state index contributed by atoms with van der Waals surface area (Å²) in [6, 6.07) is 3.68. The molecule has 1 heterocycles. The molecule has 1 nitrogen and oxygen atoms in total. The number of hydrogen-bond donors (Lipinski definition) is 0. The summed E-state index contributed by atoms with van der Waals surface area (Å²) in [5, 5.41) is 0. The highest BCUT2D eigenvalue weighted by Crippen LogP contribution is 1.95. The van der Waals surface area contributed by atoms with Crippen LogP contribution in [-0.2, 0) is 0 Å². The summed E-state index contributed by atoms with van der Waals surface area (Å²) in [4.78, 5) is 0. The largest absolute Gasteiger partial charge is 0.456 e. The van der Waals surface area contributed by atoms with Crippen LogP contribution in [-0.4, -0.2) is 0 Å². The molecule has 1 aromatic heterocycles. The third-order valence-corrected chi connectivity index (χ3v) is 0.910. The second-order valence-electron chi connectivity index (χ2n) is 1.63. The lowest BCUT2D eigenvalue weighted by Crippen LogP contribution is -1.60. The Morgan fingerprint density at radius 2 is 1.85 bits per heavy atom. The molecule has 0 N–H and O–H groups in total. The minimum Gasteiger partial charge on any atom is -0.456 e. The van der Waals surface area contributed by atoms with Crippen molar-refractivity contribution in [2.45, 2.75) is 41.0 Å². The van der Waals surface area contributed by atoms with E-state index in [0.717, 1.165) is 12.2 Å². The van der Waals surface area contributed by atoms with Crippen LogP contribution >= 0.6 is 0 Å². The first-order valence-corrected chi connectivity index (χ1v) is 4.96. The predicted molar refractivity (Wildman–Crippen MR) is 58.6 cm³/mol. The van der Waals surface area contributed by atoms with Gasteiger partial charge in [-0.2, -0.15) is 0 Å². The molecule has 74 valence electrons. The van der Waals surface area contributed by atoms with Gasteiger partial charge in [-0.3, -0.25) is 0 Å². The van der Waals surface area contributed by atoms with Crippen molar-refractivity contribution in [2.24, 2.45) is 0 Å². The highest BCUT2D eigenvalue weighted by Gasteiger charge is 1.82. The Labute approximate surface area is 82.2 Å². The molecule has 0 atom stereocenters. The lowest BCUT2D eigenvalue weighted by molar-refractivity contribution is 0.554. The molecule has 0 aliphatic carbocycles. The molecule has 1 aromatic rings. The van der Waals surface area contributed by atoms with Crippen LogP contribution in [0, 0.1) is 11.8 Å². The molecule has 0 amide bonds. The van der Waals surface area contributed by atoms with Gasteiger partial charge in [-0.1, -0.05) is 40.5 Å². The van der Waals surface area contributed by atoms with E-state index in [4.69, 9.17) is 4.42 Å². The molecule has 0 bridgehead atoms. The number of furan rings is 1. The van der Waals surface area contributed by atoms with Gasteiger partial charge in [0.2, 0.25) is 0 Å². The van der Waals surface area contributed by atoms with E-state index in [9.17, 15) is 0 Å². The summed E-state index contributed by atoms with van der Waals surface area (Å²) < 4.78 is 4.96. The van der Waals surface area contributed by atoms with E-state index < -0.39 is 0 Å². The highest BCUT2D eigenvalue weighted by molar-refractivity contribution is 5.23. The van der Waals surface area contributed by atoms with Crippen LogP contribution in [0.5, 0.6) is 0 Å². The summed E-state index contributed by atoms with van der Waals surface area (Å²) >= 11 is 0. The lowest BCUT2D eigenvalue weighted by atomic mass is 10.4. The van der Waals surface area contributed by atoms with Crippen LogP contribution in [0.1, 0.15) is 46.8 Å². The van der Waals surface area contributed by atoms with E-state index in [1.54, 1.807) is 6.26 Å². The molecule has 0 saturated carbocycles. The first-order chi connectivity index (χ1) is 6.43. The Balaban J connectivity index is 0. The van der Waals surface area contributed by atoms with E-state index in [0.29, 0.717) is 0 Å². The quantitative estimate of drug-likeness (QED) is 0.548. The molecule has 0 aromatic carbocycles. The predicted octanol–water partition coefficient (Wildman–Crippen LogP) is 4.09. The summed E-state index contributed by atoms with van der Waals surface area (Å²) in [5.41, 5.74) is 0. The molecule has 0 spiro atoms. The lowest BCUT2D eigenvalue weighted by Gasteiger charge is -1.73. The third-order valence-electron chi connectivity index (χ3n) is 0.910. The summed E-state index contributed by atoms with van der Waals surface area (Å²) in [5.74, 6) is 6.51. The Bertz CT molecular complexity index is 211. The maximum atomic E-state index is 4.96. The molecule has 0 fully saturated rings. The SMILES string of the molecule is CC.CC.CCC#Cc1ccco1. The standard InChI is InChI=1S/C8H8O.2C2H6/c1-2-3-5-8-6-4-7-9-8;2*1-2/h4,6-7H,2H2,1H3;2*1-2H3. The minimum absolute atomic E-state index is 0.747. The van der Waals surface area contributed by atoms with Crippen molar-refractivity contribution in [2.75, 3.05) is 0 Å². The van der Waals surface area contributed by atoms with Gasteiger partial charge in [0.05, 0.1) is 6.26 Å². The summed E-state index contributed by atoms with van der Waals surface area (Å²) in [6.07, 6.45) is 2.50. The van der Waals surface area contributed by atoms with Crippen LogP contribution in [0.2, 0.25) is 0 Å². The Morgan fingerprint density at radius 3 is 2.23 bits per heavy atom. The van der Waals surface area contributed by atoms with Crippen LogP contribution in [0.4, 0.5) is 0 Å². The zero-order chi connectivity index (χ0) is 10.5.